The van der Waals surface area contributed by atoms with E-state index in [0.29, 0.717) is 0 Å². The molecule has 0 aliphatic rings. The Morgan fingerprint density at radius 3 is 1.18 bits per heavy atom. The van der Waals surface area contributed by atoms with Crippen molar-refractivity contribution in [1.82, 2.24) is 0 Å². The molecule has 0 saturated heterocycles. The molecule has 0 aliphatic heterocycles. The first-order chi connectivity index (χ1) is 19.3. The third-order valence-electron chi connectivity index (χ3n) is 6.83. The van der Waals surface area contributed by atoms with Crippen LogP contribution in [0.3, 0.4) is 0 Å². The highest BCUT2D eigenvalue weighted by atomic mass is 15.1. The van der Waals surface area contributed by atoms with Crippen LogP contribution >= 0.6 is 0 Å². The lowest BCUT2D eigenvalue weighted by atomic mass is 10.1. The fourth-order valence-corrected chi connectivity index (χ4v) is 4.75. The summed E-state index contributed by atoms with van der Waals surface area (Å²) in [6.45, 7) is 0. The normalized spacial score (nSPS) is 11.4. The number of rotatable bonds is 7. The minimum absolute atomic E-state index is 1.12. The van der Waals surface area contributed by atoms with E-state index in [1.165, 1.54) is 33.0 Å². The number of hydrogen-bond donors (Lipinski definition) is 0. The Hall–Kier alpha value is -5.14. The molecule has 0 saturated carbocycles. The molecule has 0 spiro atoms. The third-order valence-corrected chi connectivity index (χ3v) is 6.83. The summed E-state index contributed by atoms with van der Waals surface area (Å²) >= 11 is 0. The van der Waals surface area contributed by atoms with E-state index < -0.39 is 0 Å². The zero-order valence-electron chi connectivity index (χ0n) is 21.7. The number of hydrogen-bond acceptors (Lipinski definition) is 1. The molecule has 0 heterocycles. The van der Waals surface area contributed by atoms with E-state index in [0.717, 1.165) is 17.1 Å². The minimum atomic E-state index is 1.12. The number of anilines is 3. The van der Waals surface area contributed by atoms with Crippen LogP contribution in [-0.4, -0.2) is 0 Å². The summed E-state index contributed by atoms with van der Waals surface area (Å²) in [6, 6.07) is 53.5. The van der Waals surface area contributed by atoms with Gasteiger partial charge in [-0.3, -0.25) is 0 Å². The molecule has 6 aromatic carbocycles. The molecule has 0 unspecified atom stereocenters. The molecule has 1 heteroatoms. The van der Waals surface area contributed by atoms with Crippen molar-refractivity contribution in [3.05, 3.63) is 174 Å². The molecule has 0 radical (unpaired) electrons. The number of benzene rings is 6. The summed E-state index contributed by atoms with van der Waals surface area (Å²) in [5.41, 5.74) is 8.10. The second-order valence-electron chi connectivity index (χ2n) is 9.54. The van der Waals surface area contributed by atoms with Crippen molar-refractivity contribution >= 4 is 52.1 Å². The van der Waals surface area contributed by atoms with Crippen LogP contribution in [0.2, 0.25) is 0 Å². The molecule has 6 aromatic rings. The van der Waals surface area contributed by atoms with Crippen molar-refractivity contribution in [2.24, 2.45) is 0 Å². The summed E-state index contributed by atoms with van der Waals surface area (Å²) in [5, 5.41) is 2.47. The highest BCUT2D eigenvalue weighted by Crippen LogP contribution is 2.36. The standard InChI is InChI=1S/C38H29N/c1-3-9-30(10-4-1)15-17-32-19-24-36(25-20-32)39(38-28-23-34-13-7-8-14-35(34)29-38)37-26-21-33(22-27-37)18-16-31-11-5-2-6-12-31/h1-29H. The largest absolute Gasteiger partial charge is 0.310 e. The van der Waals surface area contributed by atoms with Crippen molar-refractivity contribution in [3.63, 3.8) is 0 Å². The van der Waals surface area contributed by atoms with Gasteiger partial charge in [0.1, 0.15) is 0 Å². The first kappa shape index (κ1) is 24.2. The van der Waals surface area contributed by atoms with E-state index in [1.807, 2.05) is 12.1 Å². The van der Waals surface area contributed by atoms with Gasteiger partial charge in [-0.05, 0) is 69.4 Å². The van der Waals surface area contributed by atoms with Gasteiger partial charge in [0.05, 0.1) is 0 Å². The smallest absolute Gasteiger partial charge is 0.0468 e. The summed E-state index contributed by atoms with van der Waals surface area (Å²) < 4.78 is 0. The van der Waals surface area contributed by atoms with E-state index in [9.17, 15) is 0 Å². The van der Waals surface area contributed by atoms with Crippen molar-refractivity contribution in [1.29, 1.82) is 0 Å². The Morgan fingerprint density at radius 2 is 0.692 bits per heavy atom. The van der Waals surface area contributed by atoms with Gasteiger partial charge in [-0.1, -0.05) is 140 Å². The van der Waals surface area contributed by atoms with Gasteiger partial charge in [-0.15, -0.1) is 0 Å². The topological polar surface area (TPSA) is 3.24 Å². The van der Waals surface area contributed by atoms with E-state index in [4.69, 9.17) is 0 Å². The maximum Gasteiger partial charge on any atom is 0.0468 e. The lowest BCUT2D eigenvalue weighted by Gasteiger charge is -2.26. The molecule has 6 rings (SSSR count). The predicted molar refractivity (Wildman–Crippen MR) is 169 cm³/mol. The Balaban J connectivity index is 1.33. The maximum absolute atomic E-state index is 2.32. The minimum Gasteiger partial charge on any atom is -0.310 e. The summed E-state index contributed by atoms with van der Waals surface area (Å²) in [7, 11) is 0. The molecule has 0 aliphatic carbocycles. The van der Waals surface area contributed by atoms with Gasteiger partial charge in [0.2, 0.25) is 0 Å². The van der Waals surface area contributed by atoms with Gasteiger partial charge in [-0.2, -0.15) is 0 Å². The van der Waals surface area contributed by atoms with Crippen LogP contribution in [0, 0.1) is 0 Å². The zero-order chi connectivity index (χ0) is 26.3. The van der Waals surface area contributed by atoms with Gasteiger partial charge in [0.15, 0.2) is 0 Å². The van der Waals surface area contributed by atoms with Gasteiger partial charge in [-0.25, -0.2) is 0 Å². The zero-order valence-corrected chi connectivity index (χ0v) is 21.7. The molecule has 0 N–H and O–H groups in total. The van der Waals surface area contributed by atoms with Crippen molar-refractivity contribution in [3.8, 4) is 0 Å². The third kappa shape index (κ3) is 5.89. The van der Waals surface area contributed by atoms with E-state index in [2.05, 4.69) is 169 Å². The van der Waals surface area contributed by atoms with E-state index >= 15 is 0 Å². The van der Waals surface area contributed by atoms with E-state index in [-0.39, 0.29) is 0 Å². The second-order valence-corrected chi connectivity index (χ2v) is 9.54. The average molecular weight is 500 g/mol. The molecule has 0 amide bonds. The molecule has 39 heavy (non-hydrogen) atoms. The van der Waals surface area contributed by atoms with Crippen LogP contribution in [0.4, 0.5) is 17.1 Å². The molecule has 0 atom stereocenters. The predicted octanol–water partition coefficient (Wildman–Crippen LogP) is 10.7. The van der Waals surface area contributed by atoms with Gasteiger partial charge in [0.25, 0.3) is 0 Å². The summed E-state index contributed by atoms with van der Waals surface area (Å²) in [4.78, 5) is 2.32. The molecular formula is C38H29N. The molecular weight excluding hydrogens is 470 g/mol. The Labute approximate surface area is 230 Å². The Kier molecular flexibility index (Phi) is 7.14. The lowest BCUT2D eigenvalue weighted by molar-refractivity contribution is 1.29. The van der Waals surface area contributed by atoms with Crippen molar-refractivity contribution in [2.45, 2.75) is 0 Å². The second kappa shape index (κ2) is 11.5. The first-order valence-corrected chi connectivity index (χ1v) is 13.3. The quantitative estimate of drug-likeness (QED) is 0.197. The molecule has 186 valence electrons. The van der Waals surface area contributed by atoms with Crippen molar-refractivity contribution in [2.75, 3.05) is 4.90 Å². The molecule has 0 fully saturated rings. The number of nitrogens with zero attached hydrogens (tertiary/aromatic N) is 1. The van der Waals surface area contributed by atoms with Crippen LogP contribution in [0.15, 0.2) is 152 Å². The summed E-state index contributed by atoms with van der Waals surface area (Å²) in [6.07, 6.45) is 8.62. The fraction of sp³-hybridized carbons (Fsp3) is 0. The molecule has 0 aromatic heterocycles. The number of fused-ring (bicyclic) bond motifs is 1. The van der Waals surface area contributed by atoms with Crippen LogP contribution in [-0.2, 0) is 0 Å². The van der Waals surface area contributed by atoms with Crippen LogP contribution in [0.25, 0.3) is 35.1 Å². The van der Waals surface area contributed by atoms with Crippen LogP contribution in [0.1, 0.15) is 22.3 Å². The highest BCUT2D eigenvalue weighted by molar-refractivity contribution is 5.89. The first-order valence-electron chi connectivity index (χ1n) is 13.3. The van der Waals surface area contributed by atoms with Crippen LogP contribution < -0.4 is 4.90 Å². The molecule has 1 nitrogen and oxygen atoms in total. The monoisotopic (exact) mass is 499 g/mol. The van der Waals surface area contributed by atoms with Crippen LogP contribution in [0.5, 0.6) is 0 Å². The Morgan fingerprint density at radius 1 is 0.308 bits per heavy atom. The highest BCUT2D eigenvalue weighted by Gasteiger charge is 2.13. The van der Waals surface area contributed by atoms with Crippen molar-refractivity contribution < 1.29 is 0 Å². The average Bonchev–Trinajstić information content (AvgIpc) is 3.01. The summed E-state index contributed by atoms with van der Waals surface area (Å²) in [5.74, 6) is 0. The molecule has 0 bridgehead atoms. The van der Waals surface area contributed by atoms with Gasteiger partial charge in [0, 0.05) is 17.1 Å². The SMILES string of the molecule is C(=Cc1ccc(N(c2ccc(C=Cc3ccccc3)cc2)c2ccc3ccccc3c2)cc1)c1ccccc1. The fourth-order valence-electron chi connectivity index (χ4n) is 4.75. The maximum atomic E-state index is 2.32. The van der Waals surface area contributed by atoms with E-state index in [1.54, 1.807) is 0 Å². The lowest BCUT2D eigenvalue weighted by Crippen LogP contribution is -2.09. The van der Waals surface area contributed by atoms with Gasteiger partial charge < -0.3 is 4.90 Å². The van der Waals surface area contributed by atoms with Gasteiger partial charge >= 0.3 is 0 Å². The Bertz CT molecular complexity index is 1620.